The lowest BCUT2D eigenvalue weighted by molar-refractivity contribution is 0.0293. The van der Waals surface area contributed by atoms with Crippen LogP contribution in [0.5, 0.6) is 0 Å². The Morgan fingerprint density at radius 3 is 2.62 bits per heavy atom. The Labute approximate surface area is 125 Å². The zero-order chi connectivity index (χ0) is 15.8. The van der Waals surface area contributed by atoms with Crippen molar-refractivity contribution in [3.8, 4) is 0 Å². The lowest BCUT2D eigenvalue weighted by atomic mass is 10.1. The number of sulfonamides is 1. The predicted molar refractivity (Wildman–Crippen MR) is 72.7 cm³/mol. The highest BCUT2D eigenvalue weighted by molar-refractivity contribution is 7.89. The molecule has 6 nitrogen and oxygen atoms in total. The monoisotopic (exact) mass is 337 g/mol. The third-order valence-corrected chi connectivity index (χ3v) is 5.61. The number of β-amino-alcohol motifs (C(OH)–C–C–N with tert-alkyl or cyclic N) is 1. The number of hydrogen-bond acceptors (Lipinski definition) is 4. The topological polar surface area (TPSA) is 94.9 Å². The smallest absolute Gasteiger partial charge is 0.335 e. The average molecular weight is 338 g/mol. The maximum Gasteiger partial charge on any atom is 0.335 e. The molecule has 1 aromatic carbocycles. The van der Waals surface area contributed by atoms with Crippen LogP contribution in [0.4, 0.5) is 4.39 Å². The molecule has 1 aliphatic rings. The maximum atomic E-state index is 13.2. The van der Waals surface area contributed by atoms with E-state index in [9.17, 15) is 22.7 Å². The number of alkyl halides is 1. The molecule has 0 bridgehead atoms. The van der Waals surface area contributed by atoms with Gasteiger partial charge in [0, 0.05) is 13.1 Å². The number of aromatic carboxylic acids is 1. The van der Waals surface area contributed by atoms with E-state index >= 15 is 0 Å². The Kier molecular flexibility index (Phi) is 4.52. The molecule has 0 spiro atoms. The second kappa shape index (κ2) is 5.88. The Morgan fingerprint density at radius 1 is 1.43 bits per heavy atom. The van der Waals surface area contributed by atoms with Crippen molar-refractivity contribution in [2.75, 3.05) is 13.1 Å². The molecule has 116 valence electrons. The van der Waals surface area contributed by atoms with Crippen LogP contribution in [0.1, 0.15) is 16.8 Å². The number of benzene rings is 1. The molecular weight excluding hydrogens is 325 g/mol. The van der Waals surface area contributed by atoms with E-state index in [0.29, 0.717) is 0 Å². The van der Waals surface area contributed by atoms with Crippen LogP contribution < -0.4 is 0 Å². The lowest BCUT2D eigenvalue weighted by Crippen LogP contribution is -2.47. The third kappa shape index (κ3) is 3.18. The van der Waals surface area contributed by atoms with Crippen molar-refractivity contribution in [3.05, 3.63) is 28.8 Å². The molecule has 0 unspecified atom stereocenters. The van der Waals surface area contributed by atoms with Crippen LogP contribution in [-0.2, 0) is 10.0 Å². The number of aliphatic hydroxyl groups excluding tert-OH is 1. The molecular formula is C12H13ClFNO5S. The van der Waals surface area contributed by atoms with Gasteiger partial charge < -0.3 is 10.2 Å². The summed E-state index contributed by atoms with van der Waals surface area (Å²) in [5.41, 5.74) is -0.138. The van der Waals surface area contributed by atoms with Crippen molar-refractivity contribution in [3.63, 3.8) is 0 Å². The molecule has 1 aromatic rings. The Bertz CT molecular complexity index is 666. The van der Waals surface area contributed by atoms with Crippen molar-refractivity contribution in [1.29, 1.82) is 0 Å². The van der Waals surface area contributed by atoms with Gasteiger partial charge in [0.15, 0.2) is 0 Å². The molecule has 1 saturated heterocycles. The van der Waals surface area contributed by atoms with Crippen molar-refractivity contribution < 1.29 is 27.8 Å². The fraction of sp³-hybridized carbons (Fsp3) is 0.417. The second-order valence-electron chi connectivity index (χ2n) is 4.69. The summed E-state index contributed by atoms with van der Waals surface area (Å²) in [6, 6.07) is 3.25. The average Bonchev–Trinajstić information content (AvgIpc) is 2.41. The Balaban J connectivity index is 2.34. The number of halogens is 2. The van der Waals surface area contributed by atoms with E-state index in [1.54, 1.807) is 0 Å². The molecule has 2 N–H and O–H groups in total. The minimum atomic E-state index is -4.01. The van der Waals surface area contributed by atoms with E-state index in [1.165, 1.54) is 0 Å². The van der Waals surface area contributed by atoms with Gasteiger partial charge in [-0.25, -0.2) is 17.6 Å². The van der Waals surface area contributed by atoms with Gasteiger partial charge in [-0.1, -0.05) is 11.6 Å². The normalized spacial score (nSPS) is 24.0. The number of carboxylic acids is 1. The molecule has 0 radical (unpaired) electrons. The zero-order valence-electron chi connectivity index (χ0n) is 10.7. The van der Waals surface area contributed by atoms with Gasteiger partial charge in [0.2, 0.25) is 10.0 Å². The molecule has 1 fully saturated rings. The SMILES string of the molecule is O=C(O)c1ccc(S(=O)(=O)N2CC[C@@H](F)[C@H](O)C2)c(Cl)c1. The van der Waals surface area contributed by atoms with E-state index in [2.05, 4.69) is 0 Å². The third-order valence-electron chi connectivity index (χ3n) is 3.26. The van der Waals surface area contributed by atoms with Gasteiger partial charge in [0.1, 0.15) is 11.1 Å². The van der Waals surface area contributed by atoms with Crippen LogP contribution in [0.15, 0.2) is 23.1 Å². The second-order valence-corrected chi connectivity index (χ2v) is 7.00. The molecule has 0 aromatic heterocycles. The summed E-state index contributed by atoms with van der Waals surface area (Å²) < 4.78 is 38.9. The van der Waals surface area contributed by atoms with Crippen molar-refractivity contribution in [2.24, 2.45) is 0 Å². The van der Waals surface area contributed by atoms with E-state index in [1.807, 2.05) is 0 Å². The number of nitrogens with zero attached hydrogens (tertiary/aromatic N) is 1. The van der Waals surface area contributed by atoms with Crippen molar-refractivity contribution >= 4 is 27.6 Å². The van der Waals surface area contributed by atoms with Gasteiger partial charge in [-0.05, 0) is 24.6 Å². The predicted octanol–water partition coefficient (Wildman–Crippen LogP) is 1.13. The number of aliphatic hydroxyl groups is 1. The van der Waals surface area contributed by atoms with Gasteiger partial charge in [-0.15, -0.1) is 0 Å². The van der Waals surface area contributed by atoms with E-state index in [4.69, 9.17) is 16.7 Å². The van der Waals surface area contributed by atoms with E-state index in [0.717, 1.165) is 22.5 Å². The Hall–Kier alpha value is -1.22. The fourth-order valence-corrected chi connectivity index (χ4v) is 4.07. The summed E-state index contributed by atoms with van der Waals surface area (Å²) in [7, 11) is -4.01. The van der Waals surface area contributed by atoms with Gasteiger partial charge in [-0.3, -0.25) is 0 Å². The highest BCUT2D eigenvalue weighted by atomic mass is 35.5. The fourth-order valence-electron chi connectivity index (χ4n) is 2.07. The number of piperidine rings is 1. The van der Waals surface area contributed by atoms with Crippen molar-refractivity contribution in [1.82, 2.24) is 4.31 Å². The van der Waals surface area contributed by atoms with Gasteiger partial charge >= 0.3 is 5.97 Å². The first-order valence-corrected chi connectivity index (χ1v) is 7.90. The van der Waals surface area contributed by atoms with E-state index < -0.39 is 28.3 Å². The lowest BCUT2D eigenvalue weighted by Gasteiger charge is -2.31. The van der Waals surface area contributed by atoms with Crippen LogP contribution in [0.2, 0.25) is 5.02 Å². The summed E-state index contributed by atoms with van der Waals surface area (Å²) in [5.74, 6) is -1.23. The number of carbonyl (C=O) groups is 1. The summed E-state index contributed by atoms with van der Waals surface area (Å²) in [4.78, 5) is 10.5. The molecule has 0 aliphatic carbocycles. The molecule has 0 amide bonds. The van der Waals surface area contributed by atoms with Crippen molar-refractivity contribution in [2.45, 2.75) is 23.6 Å². The summed E-state index contributed by atoms with van der Waals surface area (Å²) in [6.45, 7) is -0.432. The van der Waals surface area contributed by atoms with E-state index in [-0.39, 0.29) is 35.0 Å². The molecule has 1 aliphatic heterocycles. The number of carboxylic acid groups (broad SMARTS) is 1. The van der Waals surface area contributed by atoms with Gasteiger partial charge in [-0.2, -0.15) is 4.31 Å². The summed E-state index contributed by atoms with van der Waals surface area (Å²) in [5, 5.41) is 18.0. The van der Waals surface area contributed by atoms with Gasteiger partial charge in [0.25, 0.3) is 0 Å². The first-order chi connectivity index (χ1) is 9.73. The Morgan fingerprint density at radius 2 is 2.10 bits per heavy atom. The molecule has 2 rings (SSSR count). The molecule has 2 atom stereocenters. The van der Waals surface area contributed by atoms with Crippen LogP contribution in [0.25, 0.3) is 0 Å². The zero-order valence-corrected chi connectivity index (χ0v) is 12.3. The molecule has 21 heavy (non-hydrogen) atoms. The number of rotatable bonds is 3. The highest BCUT2D eigenvalue weighted by Gasteiger charge is 2.35. The molecule has 0 saturated carbocycles. The first kappa shape index (κ1) is 16.2. The van der Waals surface area contributed by atoms with Crippen LogP contribution in [0, 0.1) is 0 Å². The minimum Gasteiger partial charge on any atom is -0.478 e. The summed E-state index contributed by atoms with van der Waals surface area (Å²) >= 11 is 5.84. The minimum absolute atomic E-state index is 0.0719. The summed E-state index contributed by atoms with van der Waals surface area (Å²) in [6.07, 6.45) is -2.95. The highest BCUT2D eigenvalue weighted by Crippen LogP contribution is 2.28. The standard InChI is InChI=1S/C12H13ClFNO5S/c13-8-5-7(12(17)18)1-2-11(8)21(19,20)15-4-3-9(14)10(16)6-15/h1-2,5,9-10,16H,3-4,6H2,(H,17,18)/t9-,10-/m1/s1. The van der Waals surface area contributed by atoms with Gasteiger partial charge in [0.05, 0.1) is 16.7 Å². The number of hydrogen-bond donors (Lipinski definition) is 2. The molecule has 9 heteroatoms. The quantitative estimate of drug-likeness (QED) is 0.862. The largest absolute Gasteiger partial charge is 0.478 e. The van der Waals surface area contributed by atoms with Crippen LogP contribution in [0.3, 0.4) is 0 Å². The van der Waals surface area contributed by atoms with Crippen LogP contribution in [-0.4, -0.2) is 54.3 Å². The van der Waals surface area contributed by atoms with Crippen LogP contribution >= 0.6 is 11.6 Å². The first-order valence-electron chi connectivity index (χ1n) is 6.08. The molecule has 1 heterocycles. The maximum absolute atomic E-state index is 13.2.